The highest BCUT2D eigenvalue weighted by molar-refractivity contribution is 7.89. The van der Waals surface area contributed by atoms with Crippen LogP contribution in [0.5, 0.6) is 0 Å². The van der Waals surface area contributed by atoms with Gasteiger partial charge in [-0.3, -0.25) is 9.59 Å². The predicted molar refractivity (Wildman–Crippen MR) is 97.5 cm³/mol. The monoisotopic (exact) mass is 402 g/mol. The number of hydrogen-bond donors (Lipinski definition) is 2. The minimum absolute atomic E-state index is 0.0524. The number of sulfonamides is 1. The molecule has 1 amide bonds. The van der Waals surface area contributed by atoms with Gasteiger partial charge in [0.2, 0.25) is 15.9 Å². The number of rotatable bonds is 8. The fourth-order valence-corrected chi connectivity index (χ4v) is 4.30. The van der Waals surface area contributed by atoms with Gasteiger partial charge in [0, 0.05) is 37.0 Å². The van der Waals surface area contributed by atoms with Gasteiger partial charge >= 0.3 is 5.97 Å². The van der Waals surface area contributed by atoms with E-state index in [1.165, 1.54) is 24.3 Å². The van der Waals surface area contributed by atoms with Crippen molar-refractivity contribution >= 4 is 33.5 Å². The summed E-state index contributed by atoms with van der Waals surface area (Å²) < 4.78 is 27.6. The first-order valence-electron chi connectivity index (χ1n) is 8.55. The molecule has 1 atom stereocenters. The lowest BCUT2D eigenvalue weighted by atomic mass is 10.1. The summed E-state index contributed by atoms with van der Waals surface area (Å²) in [5, 5.41) is 9.07. The van der Waals surface area contributed by atoms with Crippen molar-refractivity contribution < 1.29 is 23.1 Å². The number of halogens is 1. The summed E-state index contributed by atoms with van der Waals surface area (Å²) >= 11 is 5.79. The number of carboxylic acids is 1. The number of carboxylic acid groups (broad SMARTS) is 1. The van der Waals surface area contributed by atoms with Crippen LogP contribution in [0.15, 0.2) is 29.2 Å². The second-order valence-corrected chi connectivity index (χ2v) is 8.51. The van der Waals surface area contributed by atoms with Crippen LogP contribution in [0.4, 0.5) is 0 Å². The fourth-order valence-electron chi connectivity index (χ4n) is 2.91. The molecular formula is C17H23ClN2O5S. The van der Waals surface area contributed by atoms with Crippen LogP contribution in [0.2, 0.25) is 5.02 Å². The summed E-state index contributed by atoms with van der Waals surface area (Å²) in [4.78, 5) is 24.5. The zero-order chi connectivity index (χ0) is 19.2. The third-order valence-electron chi connectivity index (χ3n) is 4.25. The standard InChI is InChI=1S/C17H23ClN2O5S/c18-13-7-9-15(10-8-13)26(24,25)19-14-4-3-11-20(12-14)16(21)5-1-2-6-17(22)23/h7-10,14,19H,1-6,11-12H2,(H,22,23). The molecule has 2 rings (SSSR count). The molecule has 0 spiro atoms. The SMILES string of the molecule is O=C(O)CCCCC(=O)N1CCCC(NS(=O)(=O)c2ccc(Cl)cc2)C1. The van der Waals surface area contributed by atoms with Gasteiger partial charge in [-0.15, -0.1) is 0 Å². The van der Waals surface area contributed by atoms with Gasteiger partial charge in [-0.1, -0.05) is 11.6 Å². The Morgan fingerprint density at radius 1 is 1.19 bits per heavy atom. The zero-order valence-corrected chi connectivity index (χ0v) is 15.9. The maximum Gasteiger partial charge on any atom is 0.303 e. The van der Waals surface area contributed by atoms with E-state index in [4.69, 9.17) is 16.7 Å². The Morgan fingerprint density at radius 3 is 2.50 bits per heavy atom. The summed E-state index contributed by atoms with van der Waals surface area (Å²) in [5.41, 5.74) is 0. The van der Waals surface area contributed by atoms with Crippen molar-refractivity contribution in [2.45, 2.75) is 49.5 Å². The molecule has 144 valence electrons. The minimum Gasteiger partial charge on any atom is -0.481 e. The minimum atomic E-state index is -3.67. The van der Waals surface area contributed by atoms with Gasteiger partial charge in [-0.25, -0.2) is 13.1 Å². The summed E-state index contributed by atoms with van der Waals surface area (Å²) in [6, 6.07) is 5.58. The van der Waals surface area contributed by atoms with E-state index in [0.29, 0.717) is 43.8 Å². The van der Waals surface area contributed by atoms with E-state index in [-0.39, 0.29) is 29.7 Å². The van der Waals surface area contributed by atoms with Crippen molar-refractivity contribution in [1.29, 1.82) is 0 Å². The summed E-state index contributed by atoms with van der Waals surface area (Å²) in [6.45, 7) is 0.918. The highest BCUT2D eigenvalue weighted by Crippen LogP contribution is 2.18. The number of carbonyl (C=O) groups excluding carboxylic acids is 1. The molecule has 26 heavy (non-hydrogen) atoms. The van der Waals surface area contributed by atoms with Crippen LogP contribution in [0.1, 0.15) is 38.5 Å². The predicted octanol–water partition coefficient (Wildman–Crippen LogP) is 2.25. The Kier molecular flexibility index (Phi) is 7.43. The lowest BCUT2D eigenvalue weighted by molar-refractivity contribution is -0.137. The molecule has 1 aliphatic rings. The Balaban J connectivity index is 1.88. The van der Waals surface area contributed by atoms with Crippen molar-refractivity contribution in [1.82, 2.24) is 9.62 Å². The van der Waals surface area contributed by atoms with E-state index < -0.39 is 16.0 Å². The van der Waals surface area contributed by atoms with Gasteiger partial charge in [0.15, 0.2) is 0 Å². The topological polar surface area (TPSA) is 104 Å². The van der Waals surface area contributed by atoms with Crippen molar-refractivity contribution in [2.24, 2.45) is 0 Å². The molecule has 0 radical (unpaired) electrons. The molecular weight excluding hydrogens is 380 g/mol. The van der Waals surface area contributed by atoms with E-state index >= 15 is 0 Å². The van der Waals surface area contributed by atoms with Gasteiger partial charge in [-0.2, -0.15) is 0 Å². The third-order valence-corrected chi connectivity index (χ3v) is 6.04. The number of piperidine rings is 1. The maximum absolute atomic E-state index is 12.4. The van der Waals surface area contributed by atoms with Crippen LogP contribution >= 0.6 is 11.6 Å². The van der Waals surface area contributed by atoms with Crippen LogP contribution in [0.25, 0.3) is 0 Å². The molecule has 1 aromatic carbocycles. The average molecular weight is 403 g/mol. The molecule has 1 heterocycles. The van der Waals surface area contributed by atoms with Crippen molar-refractivity contribution in [3.63, 3.8) is 0 Å². The zero-order valence-electron chi connectivity index (χ0n) is 14.4. The fraction of sp³-hybridized carbons (Fsp3) is 0.529. The Hall–Kier alpha value is -1.64. The molecule has 0 saturated carbocycles. The molecule has 1 fully saturated rings. The number of benzene rings is 1. The number of aliphatic carboxylic acids is 1. The molecule has 1 saturated heterocycles. The molecule has 7 nitrogen and oxygen atoms in total. The second-order valence-electron chi connectivity index (χ2n) is 6.35. The quantitative estimate of drug-likeness (QED) is 0.649. The second kappa shape index (κ2) is 9.34. The Bertz CT molecular complexity index is 736. The van der Waals surface area contributed by atoms with Gasteiger partial charge in [-0.05, 0) is 49.9 Å². The number of amides is 1. The Morgan fingerprint density at radius 2 is 1.85 bits per heavy atom. The van der Waals surface area contributed by atoms with Crippen LogP contribution in [0.3, 0.4) is 0 Å². The number of nitrogens with one attached hydrogen (secondary N) is 1. The Labute approximate surface area is 158 Å². The van der Waals surface area contributed by atoms with Crippen LogP contribution in [0, 0.1) is 0 Å². The molecule has 0 bridgehead atoms. The summed E-state index contributed by atoms with van der Waals surface area (Å²) in [5.74, 6) is -0.933. The van der Waals surface area contributed by atoms with Gasteiger partial charge in [0.05, 0.1) is 4.90 Å². The van der Waals surface area contributed by atoms with Crippen LogP contribution in [-0.4, -0.2) is 49.4 Å². The molecule has 1 unspecified atom stereocenters. The molecule has 0 aromatic heterocycles. The van der Waals surface area contributed by atoms with Crippen LogP contribution < -0.4 is 4.72 Å². The van der Waals surface area contributed by atoms with E-state index in [1.807, 2.05) is 0 Å². The van der Waals surface area contributed by atoms with Crippen LogP contribution in [-0.2, 0) is 19.6 Å². The number of likely N-dealkylation sites (tertiary alicyclic amines) is 1. The number of carbonyl (C=O) groups is 2. The highest BCUT2D eigenvalue weighted by Gasteiger charge is 2.27. The first-order chi connectivity index (χ1) is 12.3. The summed E-state index contributed by atoms with van der Waals surface area (Å²) in [7, 11) is -3.67. The van der Waals surface area contributed by atoms with Gasteiger partial charge in [0.1, 0.15) is 0 Å². The molecule has 1 aliphatic heterocycles. The normalized spacial score (nSPS) is 17.9. The van der Waals surface area contributed by atoms with Crippen molar-refractivity contribution in [3.8, 4) is 0 Å². The average Bonchev–Trinajstić information content (AvgIpc) is 2.58. The largest absolute Gasteiger partial charge is 0.481 e. The van der Waals surface area contributed by atoms with E-state index in [0.717, 1.165) is 0 Å². The van der Waals surface area contributed by atoms with Crippen molar-refractivity contribution in [2.75, 3.05) is 13.1 Å². The van der Waals surface area contributed by atoms with Gasteiger partial charge < -0.3 is 10.0 Å². The lowest BCUT2D eigenvalue weighted by Crippen LogP contribution is -2.49. The van der Waals surface area contributed by atoms with Crippen molar-refractivity contribution in [3.05, 3.63) is 29.3 Å². The number of nitrogens with zero attached hydrogens (tertiary/aromatic N) is 1. The third kappa shape index (κ3) is 6.26. The first kappa shape index (κ1) is 20.7. The van der Waals surface area contributed by atoms with E-state index in [9.17, 15) is 18.0 Å². The first-order valence-corrected chi connectivity index (χ1v) is 10.4. The molecule has 2 N–H and O–H groups in total. The summed E-state index contributed by atoms with van der Waals surface area (Å²) in [6.07, 6.45) is 2.69. The smallest absolute Gasteiger partial charge is 0.303 e. The number of unbranched alkanes of at least 4 members (excludes halogenated alkanes) is 1. The highest BCUT2D eigenvalue weighted by atomic mass is 35.5. The molecule has 9 heteroatoms. The maximum atomic E-state index is 12.4. The van der Waals surface area contributed by atoms with E-state index in [2.05, 4.69) is 4.72 Å². The van der Waals surface area contributed by atoms with Gasteiger partial charge in [0.25, 0.3) is 0 Å². The molecule has 0 aliphatic carbocycles. The number of hydrogen-bond acceptors (Lipinski definition) is 4. The molecule has 1 aromatic rings. The lowest BCUT2D eigenvalue weighted by Gasteiger charge is -2.33. The van der Waals surface area contributed by atoms with E-state index in [1.54, 1.807) is 4.90 Å².